The summed E-state index contributed by atoms with van der Waals surface area (Å²) in [5.41, 5.74) is 8.17. The molecule has 2 aromatic carbocycles. The standard InChI is InChI=1S/C25H25N2O/c1-15(2)13-19-17(4)24-20(14-21(19)26-5)18-11-10-16(3)23(25(18)28-24)22-9-7-8-12-27(22)6/h7-12,14-15H,13H2,1-4,6H3/q+1. The molecule has 28 heavy (non-hydrogen) atoms. The van der Waals surface area contributed by atoms with E-state index in [4.69, 9.17) is 11.0 Å². The summed E-state index contributed by atoms with van der Waals surface area (Å²) in [6.45, 7) is 16.3. The van der Waals surface area contributed by atoms with Crippen molar-refractivity contribution in [1.82, 2.24) is 0 Å². The van der Waals surface area contributed by atoms with E-state index in [2.05, 4.69) is 74.6 Å². The molecule has 0 atom stereocenters. The summed E-state index contributed by atoms with van der Waals surface area (Å²) in [6.07, 6.45) is 2.94. The Balaban J connectivity index is 2.12. The van der Waals surface area contributed by atoms with Crippen LogP contribution in [0.25, 0.3) is 38.0 Å². The molecule has 3 heteroatoms. The Kier molecular flexibility index (Phi) is 4.43. The van der Waals surface area contributed by atoms with Gasteiger partial charge in [0.25, 0.3) is 0 Å². The summed E-state index contributed by atoms with van der Waals surface area (Å²) >= 11 is 0. The maximum absolute atomic E-state index is 7.69. The van der Waals surface area contributed by atoms with Gasteiger partial charge in [0.2, 0.25) is 5.69 Å². The number of pyridine rings is 1. The average Bonchev–Trinajstić information content (AvgIpc) is 3.03. The second-order valence-corrected chi connectivity index (χ2v) is 8.02. The maximum atomic E-state index is 7.69. The average molecular weight is 369 g/mol. The fourth-order valence-corrected chi connectivity index (χ4v) is 4.12. The first-order valence-corrected chi connectivity index (χ1v) is 9.73. The molecule has 0 aliphatic carbocycles. The van der Waals surface area contributed by atoms with E-state index in [1.54, 1.807) is 0 Å². The Morgan fingerprint density at radius 1 is 1.07 bits per heavy atom. The van der Waals surface area contributed by atoms with Crippen molar-refractivity contribution in [3.05, 3.63) is 70.7 Å². The minimum atomic E-state index is 0.488. The molecule has 0 fully saturated rings. The largest absolute Gasteiger partial charge is 0.455 e. The quantitative estimate of drug-likeness (QED) is 0.301. The van der Waals surface area contributed by atoms with Crippen molar-refractivity contribution in [2.24, 2.45) is 13.0 Å². The molecular weight excluding hydrogens is 344 g/mol. The molecule has 0 radical (unpaired) electrons. The van der Waals surface area contributed by atoms with Crippen LogP contribution in [0, 0.1) is 26.3 Å². The molecule has 3 nitrogen and oxygen atoms in total. The molecule has 0 bridgehead atoms. The van der Waals surface area contributed by atoms with E-state index in [1.165, 1.54) is 5.56 Å². The van der Waals surface area contributed by atoms with Crippen LogP contribution in [0.3, 0.4) is 0 Å². The number of rotatable bonds is 3. The van der Waals surface area contributed by atoms with Gasteiger partial charge < -0.3 is 4.42 Å². The van der Waals surface area contributed by atoms with Crippen LogP contribution in [0.1, 0.15) is 30.5 Å². The second kappa shape index (κ2) is 6.80. The third-order valence-corrected chi connectivity index (χ3v) is 5.53. The summed E-state index contributed by atoms with van der Waals surface area (Å²) < 4.78 is 8.63. The van der Waals surface area contributed by atoms with Gasteiger partial charge in [-0.05, 0) is 55.0 Å². The van der Waals surface area contributed by atoms with Crippen LogP contribution in [0.4, 0.5) is 5.69 Å². The second-order valence-electron chi connectivity index (χ2n) is 8.02. The van der Waals surface area contributed by atoms with Crippen molar-refractivity contribution in [2.45, 2.75) is 34.1 Å². The SMILES string of the molecule is [C-]#[N+]c1cc2c(oc3c(-c4cccc[n+]4C)c(C)ccc32)c(C)c1CC(C)C. The smallest absolute Gasteiger partial charge is 0.216 e. The third-order valence-electron chi connectivity index (χ3n) is 5.53. The lowest BCUT2D eigenvalue weighted by Gasteiger charge is -2.11. The van der Waals surface area contributed by atoms with Crippen molar-refractivity contribution >= 4 is 27.6 Å². The van der Waals surface area contributed by atoms with E-state index < -0.39 is 0 Å². The molecular formula is C25H25N2O+. The van der Waals surface area contributed by atoms with Crippen LogP contribution in [-0.2, 0) is 13.5 Å². The molecule has 0 saturated carbocycles. The first-order chi connectivity index (χ1) is 13.4. The van der Waals surface area contributed by atoms with Gasteiger partial charge in [-0.15, -0.1) is 0 Å². The van der Waals surface area contributed by atoms with E-state index in [0.717, 1.165) is 56.4 Å². The third kappa shape index (κ3) is 2.77. The van der Waals surface area contributed by atoms with Gasteiger partial charge in [-0.1, -0.05) is 26.0 Å². The van der Waals surface area contributed by atoms with Gasteiger partial charge in [0.15, 0.2) is 11.9 Å². The molecule has 4 rings (SSSR count). The van der Waals surface area contributed by atoms with Crippen LogP contribution >= 0.6 is 0 Å². The van der Waals surface area contributed by atoms with Crippen LogP contribution in [-0.4, -0.2) is 0 Å². The number of nitrogens with zero attached hydrogens (tertiary/aromatic N) is 2. The molecule has 0 saturated heterocycles. The van der Waals surface area contributed by atoms with E-state index in [9.17, 15) is 0 Å². The normalized spacial score (nSPS) is 11.5. The zero-order chi connectivity index (χ0) is 20.0. The first-order valence-electron chi connectivity index (χ1n) is 9.73. The topological polar surface area (TPSA) is 21.4 Å². The van der Waals surface area contributed by atoms with E-state index in [0.29, 0.717) is 5.92 Å². The highest BCUT2D eigenvalue weighted by molar-refractivity contribution is 6.11. The molecule has 2 heterocycles. The van der Waals surface area contributed by atoms with E-state index >= 15 is 0 Å². The monoisotopic (exact) mass is 369 g/mol. The Morgan fingerprint density at radius 2 is 1.86 bits per heavy atom. The lowest BCUT2D eigenvalue weighted by molar-refractivity contribution is -0.660. The molecule has 140 valence electrons. The number of fused-ring (bicyclic) bond motifs is 3. The minimum Gasteiger partial charge on any atom is -0.455 e. The minimum absolute atomic E-state index is 0.488. The molecule has 0 N–H and O–H groups in total. The van der Waals surface area contributed by atoms with Crippen LogP contribution in [0.5, 0.6) is 0 Å². The number of furan rings is 1. The number of hydrogen-bond donors (Lipinski definition) is 0. The molecule has 0 aliphatic heterocycles. The van der Waals surface area contributed by atoms with Gasteiger partial charge in [0.05, 0.1) is 12.1 Å². The molecule has 0 spiro atoms. The number of benzene rings is 2. The first kappa shape index (κ1) is 18.3. The van der Waals surface area contributed by atoms with Crippen LogP contribution < -0.4 is 4.57 Å². The Morgan fingerprint density at radius 3 is 2.54 bits per heavy atom. The van der Waals surface area contributed by atoms with Crippen molar-refractivity contribution in [3.63, 3.8) is 0 Å². The molecule has 0 amide bonds. The molecule has 4 aromatic rings. The zero-order valence-corrected chi connectivity index (χ0v) is 17.1. The van der Waals surface area contributed by atoms with Gasteiger partial charge in [-0.3, -0.25) is 0 Å². The van der Waals surface area contributed by atoms with Crippen molar-refractivity contribution in [2.75, 3.05) is 0 Å². The molecule has 0 unspecified atom stereocenters. The fourth-order valence-electron chi connectivity index (χ4n) is 4.12. The van der Waals surface area contributed by atoms with Gasteiger partial charge in [-0.2, -0.15) is 0 Å². The summed E-state index contributed by atoms with van der Waals surface area (Å²) in [5.74, 6) is 0.488. The molecule has 0 aliphatic rings. The zero-order valence-electron chi connectivity index (χ0n) is 17.1. The fraction of sp³-hybridized carbons (Fsp3) is 0.280. The van der Waals surface area contributed by atoms with Crippen LogP contribution in [0.15, 0.2) is 47.0 Å². The van der Waals surface area contributed by atoms with E-state index in [-0.39, 0.29) is 0 Å². The highest BCUT2D eigenvalue weighted by atomic mass is 16.3. The lowest BCUT2D eigenvalue weighted by atomic mass is 9.94. The van der Waals surface area contributed by atoms with Gasteiger partial charge in [0.1, 0.15) is 18.2 Å². The van der Waals surface area contributed by atoms with Crippen molar-refractivity contribution < 1.29 is 8.98 Å². The number of aryl methyl sites for hydroxylation is 3. The van der Waals surface area contributed by atoms with Crippen molar-refractivity contribution in [1.29, 1.82) is 0 Å². The summed E-state index contributed by atoms with van der Waals surface area (Å²) in [7, 11) is 2.05. The highest BCUT2D eigenvalue weighted by Crippen LogP contribution is 2.41. The number of hydrogen-bond acceptors (Lipinski definition) is 1. The van der Waals surface area contributed by atoms with Crippen molar-refractivity contribution in [3.8, 4) is 11.3 Å². The maximum Gasteiger partial charge on any atom is 0.216 e. The van der Waals surface area contributed by atoms with Gasteiger partial charge in [0, 0.05) is 22.9 Å². The predicted octanol–water partition coefficient (Wildman–Crippen LogP) is 6.44. The Labute approximate surface area is 166 Å². The predicted molar refractivity (Wildman–Crippen MR) is 115 cm³/mol. The van der Waals surface area contributed by atoms with Gasteiger partial charge >= 0.3 is 0 Å². The van der Waals surface area contributed by atoms with Gasteiger partial charge in [-0.25, -0.2) is 9.41 Å². The van der Waals surface area contributed by atoms with E-state index in [1.807, 2.05) is 12.1 Å². The molecule has 2 aromatic heterocycles. The highest BCUT2D eigenvalue weighted by Gasteiger charge is 2.22. The summed E-state index contributed by atoms with van der Waals surface area (Å²) in [6, 6.07) is 12.5. The summed E-state index contributed by atoms with van der Waals surface area (Å²) in [5, 5.41) is 2.11. The number of aromatic nitrogens is 1. The lowest BCUT2D eigenvalue weighted by Crippen LogP contribution is -2.30. The summed E-state index contributed by atoms with van der Waals surface area (Å²) in [4.78, 5) is 3.84. The Hall–Kier alpha value is -3.12. The Bertz CT molecular complexity index is 1260. The van der Waals surface area contributed by atoms with Crippen LogP contribution in [0.2, 0.25) is 0 Å².